The van der Waals surface area contributed by atoms with Gasteiger partial charge in [-0.2, -0.15) is 0 Å². The number of carbonyl (C=O) groups is 1. The molecule has 21 heavy (non-hydrogen) atoms. The van der Waals surface area contributed by atoms with Crippen LogP contribution in [-0.4, -0.2) is 38.2 Å². The number of hydrogen-bond acceptors (Lipinski definition) is 6. The van der Waals surface area contributed by atoms with Gasteiger partial charge in [-0.3, -0.25) is 14.9 Å². The first kappa shape index (κ1) is 16.7. The van der Waals surface area contributed by atoms with Gasteiger partial charge in [-0.05, 0) is 19.4 Å². The molecule has 0 saturated carbocycles. The topological polar surface area (TPSA) is 81.9 Å². The molecule has 0 heterocycles. The first-order valence-corrected chi connectivity index (χ1v) is 6.68. The van der Waals surface area contributed by atoms with Crippen LogP contribution in [0.2, 0.25) is 0 Å². The van der Waals surface area contributed by atoms with Crippen molar-refractivity contribution in [2.24, 2.45) is 0 Å². The molecule has 1 aromatic carbocycles. The molecule has 0 radical (unpaired) electrons. The SMILES string of the molecule is CCOc1cc(N(C)CCCC(=O)OC)ccc1[N+](=O)[O-]. The summed E-state index contributed by atoms with van der Waals surface area (Å²) >= 11 is 0. The number of nitro benzene ring substituents is 1. The number of carbonyl (C=O) groups excluding carboxylic acids is 1. The Morgan fingerprint density at radius 3 is 2.71 bits per heavy atom. The molecule has 0 N–H and O–H groups in total. The number of nitro groups is 1. The summed E-state index contributed by atoms with van der Waals surface area (Å²) in [6, 6.07) is 4.73. The molecule has 0 saturated heterocycles. The van der Waals surface area contributed by atoms with Gasteiger partial charge < -0.3 is 14.4 Å². The average molecular weight is 296 g/mol. The third kappa shape index (κ3) is 4.94. The molecule has 0 amide bonds. The number of hydrogen-bond donors (Lipinski definition) is 0. The van der Waals surface area contributed by atoms with Crippen molar-refractivity contribution in [1.82, 2.24) is 0 Å². The molecule has 0 fully saturated rings. The fourth-order valence-electron chi connectivity index (χ4n) is 1.85. The summed E-state index contributed by atoms with van der Waals surface area (Å²) in [7, 11) is 3.21. The highest BCUT2D eigenvalue weighted by Gasteiger charge is 2.16. The monoisotopic (exact) mass is 296 g/mol. The van der Waals surface area contributed by atoms with Crippen LogP contribution in [0.15, 0.2) is 18.2 Å². The minimum Gasteiger partial charge on any atom is -0.487 e. The fraction of sp³-hybridized carbons (Fsp3) is 0.500. The Morgan fingerprint density at radius 2 is 2.14 bits per heavy atom. The Hall–Kier alpha value is -2.31. The van der Waals surface area contributed by atoms with E-state index in [2.05, 4.69) is 4.74 Å². The van der Waals surface area contributed by atoms with Crippen LogP contribution in [0, 0.1) is 10.1 Å². The summed E-state index contributed by atoms with van der Waals surface area (Å²) in [5.41, 5.74) is 0.748. The molecule has 116 valence electrons. The molecule has 0 aliphatic carbocycles. The summed E-state index contributed by atoms with van der Waals surface area (Å²) in [5, 5.41) is 10.9. The van der Waals surface area contributed by atoms with E-state index in [9.17, 15) is 14.9 Å². The lowest BCUT2D eigenvalue weighted by atomic mass is 10.2. The standard InChI is InChI=1S/C14H20N2O5/c1-4-21-13-10-11(7-8-12(13)16(18)19)15(2)9-5-6-14(17)20-3/h7-8,10H,4-6,9H2,1-3H3. The van der Waals surface area contributed by atoms with Gasteiger partial charge in [0.1, 0.15) is 0 Å². The predicted octanol–water partition coefficient (Wildman–Crippen LogP) is 2.38. The molecule has 0 unspecified atom stereocenters. The van der Waals surface area contributed by atoms with E-state index in [-0.39, 0.29) is 17.4 Å². The first-order chi connectivity index (χ1) is 9.99. The highest BCUT2D eigenvalue weighted by molar-refractivity contribution is 5.69. The molecule has 7 heteroatoms. The average Bonchev–Trinajstić information content (AvgIpc) is 2.46. The predicted molar refractivity (Wildman–Crippen MR) is 78.8 cm³/mol. The number of rotatable bonds is 8. The van der Waals surface area contributed by atoms with E-state index in [0.29, 0.717) is 26.0 Å². The molecule has 0 aromatic heterocycles. The summed E-state index contributed by atoms with van der Waals surface area (Å²) < 4.78 is 9.89. The molecular weight excluding hydrogens is 276 g/mol. The lowest BCUT2D eigenvalue weighted by Gasteiger charge is -2.19. The zero-order chi connectivity index (χ0) is 15.8. The van der Waals surface area contributed by atoms with Crippen LogP contribution in [0.1, 0.15) is 19.8 Å². The Balaban J connectivity index is 2.75. The van der Waals surface area contributed by atoms with Gasteiger partial charge in [-0.15, -0.1) is 0 Å². The maximum absolute atomic E-state index is 11.1. The van der Waals surface area contributed by atoms with Crippen LogP contribution in [0.4, 0.5) is 11.4 Å². The third-order valence-electron chi connectivity index (χ3n) is 2.98. The largest absolute Gasteiger partial charge is 0.487 e. The van der Waals surface area contributed by atoms with E-state index in [1.807, 2.05) is 11.9 Å². The second-order valence-corrected chi connectivity index (χ2v) is 4.44. The van der Waals surface area contributed by atoms with E-state index in [1.165, 1.54) is 13.2 Å². The van der Waals surface area contributed by atoms with Crippen molar-refractivity contribution in [2.75, 3.05) is 32.2 Å². The van der Waals surface area contributed by atoms with Crippen LogP contribution in [0.3, 0.4) is 0 Å². The maximum Gasteiger partial charge on any atom is 0.311 e. The smallest absolute Gasteiger partial charge is 0.311 e. The van der Waals surface area contributed by atoms with Gasteiger partial charge in [0.2, 0.25) is 0 Å². The minimum absolute atomic E-state index is 0.0523. The van der Waals surface area contributed by atoms with E-state index in [1.54, 1.807) is 19.1 Å². The van der Waals surface area contributed by atoms with Gasteiger partial charge in [0.15, 0.2) is 5.75 Å². The molecule has 0 bridgehead atoms. The number of esters is 1. The van der Waals surface area contributed by atoms with Crippen LogP contribution < -0.4 is 9.64 Å². The summed E-state index contributed by atoms with van der Waals surface area (Å²) in [6.45, 7) is 2.77. The molecule has 1 aromatic rings. The second-order valence-electron chi connectivity index (χ2n) is 4.44. The van der Waals surface area contributed by atoms with Gasteiger partial charge in [0.05, 0.1) is 18.6 Å². The molecule has 7 nitrogen and oxygen atoms in total. The minimum atomic E-state index is -0.466. The van der Waals surface area contributed by atoms with E-state index in [4.69, 9.17) is 4.74 Å². The summed E-state index contributed by atoms with van der Waals surface area (Å²) in [5.74, 6) is 0.00178. The number of nitrogens with zero attached hydrogens (tertiary/aromatic N) is 2. The Labute approximate surface area is 123 Å². The lowest BCUT2D eigenvalue weighted by Crippen LogP contribution is -2.19. The first-order valence-electron chi connectivity index (χ1n) is 6.68. The lowest BCUT2D eigenvalue weighted by molar-refractivity contribution is -0.385. The van der Waals surface area contributed by atoms with Crippen LogP contribution in [0.25, 0.3) is 0 Å². The maximum atomic E-state index is 11.1. The number of methoxy groups -OCH3 is 1. The fourth-order valence-corrected chi connectivity index (χ4v) is 1.85. The van der Waals surface area contributed by atoms with Crippen LogP contribution in [0.5, 0.6) is 5.75 Å². The quantitative estimate of drug-likeness (QED) is 0.416. The van der Waals surface area contributed by atoms with E-state index < -0.39 is 4.92 Å². The molecule has 0 aliphatic heterocycles. The van der Waals surface area contributed by atoms with Crippen LogP contribution >= 0.6 is 0 Å². The highest BCUT2D eigenvalue weighted by Crippen LogP contribution is 2.31. The third-order valence-corrected chi connectivity index (χ3v) is 2.98. The van der Waals surface area contributed by atoms with E-state index >= 15 is 0 Å². The van der Waals surface area contributed by atoms with Crippen molar-refractivity contribution < 1.29 is 19.2 Å². The number of ether oxygens (including phenoxy) is 2. The van der Waals surface area contributed by atoms with Crippen molar-refractivity contribution in [3.63, 3.8) is 0 Å². The number of anilines is 1. The molecular formula is C14H20N2O5. The zero-order valence-corrected chi connectivity index (χ0v) is 12.5. The molecule has 1 rings (SSSR count). The van der Waals surface area contributed by atoms with Gasteiger partial charge in [0, 0.05) is 37.8 Å². The van der Waals surface area contributed by atoms with Crippen LogP contribution in [-0.2, 0) is 9.53 Å². The van der Waals surface area contributed by atoms with Crippen molar-refractivity contribution in [3.05, 3.63) is 28.3 Å². The van der Waals surface area contributed by atoms with Gasteiger partial charge in [-0.1, -0.05) is 0 Å². The van der Waals surface area contributed by atoms with Gasteiger partial charge in [-0.25, -0.2) is 0 Å². The molecule has 0 atom stereocenters. The highest BCUT2D eigenvalue weighted by atomic mass is 16.6. The molecule has 0 spiro atoms. The summed E-state index contributed by atoms with van der Waals surface area (Å²) in [4.78, 5) is 23.4. The second kappa shape index (κ2) is 8.08. The zero-order valence-electron chi connectivity index (χ0n) is 12.5. The van der Waals surface area contributed by atoms with Crippen molar-refractivity contribution >= 4 is 17.3 Å². The number of benzene rings is 1. The molecule has 0 aliphatic rings. The van der Waals surface area contributed by atoms with Crippen molar-refractivity contribution in [1.29, 1.82) is 0 Å². The van der Waals surface area contributed by atoms with Gasteiger partial charge >= 0.3 is 11.7 Å². The van der Waals surface area contributed by atoms with Crippen molar-refractivity contribution in [2.45, 2.75) is 19.8 Å². The Kier molecular flexibility index (Phi) is 6.45. The van der Waals surface area contributed by atoms with Crippen molar-refractivity contribution in [3.8, 4) is 5.75 Å². The Bertz CT molecular complexity index is 504. The normalized spacial score (nSPS) is 10.0. The summed E-state index contributed by atoms with van der Waals surface area (Å²) in [6.07, 6.45) is 0.982. The van der Waals surface area contributed by atoms with E-state index in [0.717, 1.165) is 5.69 Å². The van der Waals surface area contributed by atoms with Gasteiger partial charge in [0.25, 0.3) is 0 Å². The Morgan fingerprint density at radius 1 is 1.43 bits per heavy atom.